The van der Waals surface area contributed by atoms with Crippen LogP contribution in [0.1, 0.15) is 27.0 Å². The summed E-state index contributed by atoms with van der Waals surface area (Å²) >= 11 is 0. The van der Waals surface area contributed by atoms with E-state index in [1.165, 1.54) is 12.3 Å². The second-order valence-electron chi connectivity index (χ2n) is 4.43. The highest BCUT2D eigenvalue weighted by Crippen LogP contribution is 2.14. The highest BCUT2D eigenvalue weighted by atomic mass is 16.3. The number of rotatable bonds is 3. The Hall–Kier alpha value is -2.42. The minimum Gasteiger partial charge on any atom is -0.507 e. The number of hydrogen-bond donors (Lipinski definition) is 1. The van der Waals surface area contributed by atoms with Crippen LogP contribution in [0.25, 0.3) is 5.76 Å². The first-order valence-corrected chi connectivity index (χ1v) is 6.00. The molecule has 0 amide bonds. The smallest absolute Gasteiger partial charge is 0.189 e. The van der Waals surface area contributed by atoms with E-state index < -0.39 is 0 Å². The highest BCUT2D eigenvalue weighted by molar-refractivity contribution is 6.07. The molecule has 0 saturated carbocycles. The van der Waals surface area contributed by atoms with Crippen molar-refractivity contribution in [2.45, 2.75) is 13.8 Å². The van der Waals surface area contributed by atoms with Crippen molar-refractivity contribution < 1.29 is 9.90 Å². The number of aryl methyl sites for hydroxylation is 2. The zero-order chi connectivity index (χ0) is 13.8. The molecule has 0 atom stereocenters. The van der Waals surface area contributed by atoms with Gasteiger partial charge in [0.2, 0.25) is 0 Å². The molecule has 0 aliphatic rings. The first-order valence-electron chi connectivity index (χ1n) is 6.00. The minimum atomic E-state index is -0.218. The number of carbonyl (C=O) groups is 1. The zero-order valence-corrected chi connectivity index (χ0v) is 10.9. The topological polar surface area (TPSA) is 50.2 Å². The van der Waals surface area contributed by atoms with Crippen LogP contribution in [-0.2, 0) is 0 Å². The Morgan fingerprint density at radius 1 is 1.16 bits per heavy atom. The number of nitrogens with zero attached hydrogens (tertiary/aromatic N) is 1. The maximum absolute atomic E-state index is 12.0. The fourth-order valence-corrected chi connectivity index (χ4v) is 1.70. The molecule has 3 heteroatoms. The third kappa shape index (κ3) is 3.07. The van der Waals surface area contributed by atoms with E-state index in [1.807, 2.05) is 26.0 Å². The summed E-state index contributed by atoms with van der Waals surface area (Å²) in [6.45, 7) is 3.95. The van der Waals surface area contributed by atoms with Gasteiger partial charge in [0, 0.05) is 29.6 Å². The Labute approximate surface area is 112 Å². The third-order valence-electron chi connectivity index (χ3n) is 3.02. The number of allylic oxidation sites excluding steroid dienone is 1. The van der Waals surface area contributed by atoms with Gasteiger partial charge in [-0.3, -0.25) is 9.78 Å². The van der Waals surface area contributed by atoms with E-state index in [-0.39, 0.29) is 11.5 Å². The number of hydrogen-bond acceptors (Lipinski definition) is 3. The van der Waals surface area contributed by atoms with Crippen LogP contribution in [0.3, 0.4) is 0 Å². The third-order valence-corrected chi connectivity index (χ3v) is 3.02. The molecule has 1 aromatic carbocycles. The molecule has 0 bridgehead atoms. The van der Waals surface area contributed by atoms with Crippen LogP contribution >= 0.6 is 0 Å². The van der Waals surface area contributed by atoms with Gasteiger partial charge in [-0.15, -0.1) is 0 Å². The molecule has 96 valence electrons. The molecule has 1 N–H and O–H groups in total. The van der Waals surface area contributed by atoms with Crippen molar-refractivity contribution in [1.29, 1.82) is 0 Å². The van der Waals surface area contributed by atoms with Crippen LogP contribution in [0.5, 0.6) is 0 Å². The van der Waals surface area contributed by atoms with Gasteiger partial charge in [0.05, 0.1) is 0 Å². The molecule has 0 saturated heterocycles. The number of pyridine rings is 1. The maximum Gasteiger partial charge on any atom is 0.189 e. The quantitative estimate of drug-likeness (QED) is 0.517. The van der Waals surface area contributed by atoms with E-state index in [0.717, 1.165) is 11.1 Å². The van der Waals surface area contributed by atoms with E-state index in [9.17, 15) is 9.90 Å². The largest absolute Gasteiger partial charge is 0.507 e. The summed E-state index contributed by atoms with van der Waals surface area (Å²) in [7, 11) is 0. The van der Waals surface area contributed by atoms with Gasteiger partial charge in [0.25, 0.3) is 0 Å². The number of benzene rings is 1. The van der Waals surface area contributed by atoms with Gasteiger partial charge in [-0.1, -0.05) is 12.1 Å². The van der Waals surface area contributed by atoms with Crippen molar-refractivity contribution in [1.82, 2.24) is 4.98 Å². The van der Waals surface area contributed by atoms with Crippen LogP contribution in [0, 0.1) is 13.8 Å². The predicted octanol–water partition coefficient (Wildman–Crippen LogP) is 3.48. The van der Waals surface area contributed by atoms with E-state index in [0.29, 0.717) is 11.1 Å². The molecule has 19 heavy (non-hydrogen) atoms. The summed E-state index contributed by atoms with van der Waals surface area (Å²) in [5.74, 6) is -0.291. The average molecular weight is 253 g/mol. The van der Waals surface area contributed by atoms with Gasteiger partial charge in [-0.25, -0.2) is 0 Å². The molecule has 0 fully saturated rings. The molecule has 0 radical (unpaired) electrons. The van der Waals surface area contributed by atoms with E-state index in [1.54, 1.807) is 24.4 Å². The first-order chi connectivity index (χ1) is 9.08. The Morgan fingerprint density at radius 2 is 1.95 bits per heavy atom. The summed E-state index contributed by atoms with van der Waals surface area (Å²) in [5, 5.41) is 9.88. The Kier molecular flexibility index (Phi) is 3.76. The molecule has 1 heterocycles. The molecule has 0 unspecified atom stereocenters. The fraction of sp³-hybridized carbons (Fsp3) is 0.125. The molecule has 0 aliphatic heterocycles. The van der Waals surface area contributed by atoms with Gasteiger partial charge >= 0.3 is 0 Å². The van der Waals surface area contributed by atoms with E-state index in [4.69, 9.17) is 0 Å². The van der Waals surface area contributed by atoms with Crippen LogP contribution in [0.15, 0.2) is 48.8 Å². The molecule has 3 nitrogen and oxygen atoms in total. The molecular weight excluding hydrogens is 238 g/mol. The van der Waals surface area contributed by atoms with Crippen LogP contribution in [0.4, 0.5) is 0 Å². The van der Waals surface area contributed by atoms with E-state index in [2.05, 4.69) is 4.98 Å². The first kappa shape index (κ1) is 13.0. The normalized spacial score (nSPS) is 11.4. The molecule has 0 aliphatic carbocycles. The van der Waals surface area contributed by atoms with Gasteiger partial charge in [0.1, 0.15) is 5.76 Å². The second-order valence-corrected chi connectivity index (χ2v) is 4.43. The summed E-state index contributed by atoms with van der Waals surface area (Å²) in [5.41, 5.74) is 3.29. The lowest BCUT2D eigenvalue weighted by atomic mass is 10.0. The van der Waals surface area contributed by atoms with Gasteiger partial charge in [-0.05, 0) is 43.2 Å². The van der Waals surface area contributed by atoms with E-state index >= 15 is 0 Å². The number of aliphatic hydroxyl groups is 1. The van der Waals surface area contributed by atoms with Crippen molar-refractivity contribution in [3.05, 3.63) is 71.1 Å². The number of carbonyl (C=O) groups excluding carboxylic acids is 1. The fourth-order valence-electron chi connectivity index (χ4n) is 1.70. The zero-order valence-electron chi connectivity index (χ0n) is 10.9. The van der Waals surface area contributed by atoms with Crippen molar-refractivity contribution in [3.63, 3.8) is 0 Å². The van der Waals surface area contributed by atoms with Crippen molar-refractivity contribution in [3.8, 4) is 0 Å². The predicted molar refractivity (Wildman–Crippen MR) is 75.1 cm³/mol. The molecule has 1 aromatic heterocycles. The lowest BCUT2D eigenvalue weighted by Gasteiger charge is -2.03. The summed E-state index contributed by atoms with van der Waals surface area (Å²) in [6, 6.07) is 8.90. The van der Waals surface area contributed by atoms with Crippen molar-refractivity contribution in [2.24, 2.45) is 0 Å². The maximum atomic E-state index is 12.0. The lowest BCUT2D eigenvalue weighted by molar-refractivity contribution is 0.104. The van der Waals surface area contributed by atoms with Crippen LogP contribution in [0.2, 0.25) is 0 Å². The summed E-state index contributed by atoms with van der Waals surface area (Å²) in [6.07, 6.45) is 4.35. The Morgan fingerprint density at radius 3 is 2.58 bits per heavy atom. The average Bonchev–Trinajstić information content (AvgIpc) is 2.42. The lowest BCUT2D eigenvalue weighted by Crippen LogP contribution is -1.98. The van der Waals surface area contributed by atoms with Crippen LogP contribution < -0.4 is 0 Å². The van der Waals surface area contributed by atoms with Gasteiger partial charge in [-0.2, -0.15) is 0 Å². The highest BCUT2D eigenvalue weighted by Gasteiger charge is 2.07. The molecule has 2 rings (SSSR count). The SMILES string of the molecule is Cc1ccc(C(=O)C=C(O)c2cccnc2)cc1C. The summed E-state index contributed by atoms with van der Waals surface area (Å²) in [4.78, 5) is 15.9. The minimum absolute atomic E-state index is 0.0728. The standard InChI is InChI=1S/C16H15NO2/c1-11-5-6-13(8-12(11)2)15(18)9-16(19)14-4-3-7-17-10-14/h3-10,19H,1-2H3. The van der Waals surface area contributed by atoms with Gasteiger partial charge in [0.15, 0.2) is 5.78 Å². The van der Waals surface area contributed by atoms with Crippen molar-refractivity contribution >= 4 is 11.5 Å². The van der Waals surface area contributed by atoms with Gasteiger partial charge < -0.3 is 5.11 Å². The Bertz CT molecular complexity index is 630. The monoisotopic (exact) mass is 253 g/mol. The molecular formula is C16H15NO2. The number of ketones is 1. The second kappa shape index (κ2) is 5.48. The molecule has 2 aromatic rings. The summed E-state index contributed by atoms with van der Waals surface area (Å²) < 4.78 is 0. The number of aromatic nitrogens is 1. The van der Waals surface area contributed by atoms with Crippen molar-refractivity contribution in [2.75, 3.05) is 0 Å². The molecule has 0 spiro atoms. The van der Waals surface area contributed by atoms with Crippen LogP contribution in [-0.4, -0.2) is 15.9 Å². The Balaban J connectivity index is 2.27. The number of aliphatic hydroxyl groups excluding tert-OH is 1.